The van der Waals surface area contributed by atoms with Gasteiger partial charge in [0.05, 0.1) is 18.3 Å². The Bertz CT molecular complexity index is 846. The van der Waals surface area contributed by atoms with E-state index in [9.17, 15) is 37.2 Å². The fourth-order valence-corrected chi connectivity index (χ4v) is 2.66. The summed E-state index contributed by atoms with van der Waals surface area (Å²) in [6, 6.07) is 0. The molecule has 2 heterocycles. The van der Waals surface area contributed by atoms with Crippen LogP contribution in [0.15, 0.2) is 0 Å². The first kappa shape index (κ1) is 25.2. The molecule has 2 fully saturated rings. The van der Waals surface area contributed by atoms with Gasteiger partial charge in [0.15, 0.2) is 5.25 Å². The van der Waals surface area contributed by atoms with E-state index in [0.717, 1.165) is 0 Å². The van der Waals surface area contributed by atoms with Crippen LogP contribution in [-0.4, -0.2) is 63.9 Å². The summed E-state index contributed by atoms with van der Waals surface area (Å²) in [6.07, 6.45) is -0.475. The average Bonchev–Trinajstić information content (AvgIpc) is 3.09. The van der Waals surface area contributed by atoms with Crippen molar-refractivity contribution >= 4 is 45.7 Å². The van der Waals surface area contributed by atoms with Gasteiger partial charge in [-0.15, -0.1) is 10.1 Å². The van der Waals surface area contributed by atoms with Gasteiger partial charge in [-0.05, 0) is 0 Å². The molecule has 168 valence electrons. The lowest BCUT2D eigenvalue weighted by molar-refractivity contribution is -0.199. The highest BCUT2D eigenvalue weighted by Gasteiger charge is 2.48. The molecule has 1 atom stereocenters. The van der Waals surface area contributed by atoms with E-state index in [4.69, 9.17) is 4.55 Å². The van der Waals surface area contributed by atoms with Gasteiger partial charge in [0, 0.05) is 12.8 Å². The maximum atomic E-state index is 11.4. The molecule has 0 bridgehead atoms. The number of nitrogens with zero attached hydrogens (tertiary/aromatic N) is 2. The molecular formula is C16H22N2O11S. The minimum absolute atomic E-state index is 0.0841. The summed E-state index contributed by atoms with van der Waals surface area (Å²) in [4.78, 5) is 75.8. The highest BCUT2D eigenvalue weighted by Crippen LogP contribution is 2.20. The Labute approximate surface area is 171 Å². The number of hydrogen-bond acceptors (Lipinski definition) is 10. The second-order valence-corrected chi connectivity index (χ2v) is 8.54. The Morgan fingerprint density at radius 2 is 1.27 bits per heavy atom. The standard InChI is InChI=1S/C8H11NO7S.C8H11NO4/c1-4(2)8(12)16-9-6(10)3-5(7(9)11)17(13,14)15;1-5(2)8(12)13-9-6(10)3-4-7(9)11/h4-5H,3H2,1-2H3,(H,13,14,15);5H,3-4H2,1-2H3. The molecule has 0 saturated carbocycles. The van der Waals surface area contributed by atoms with Crippen LogP contribution in [0.5, 0.6) is 0 Å². The van der Waals surface area contributed by atoms with Crippen molar-refractivity contribution in [1.82, 2.24) is 10.1 Å². The van der Waals surface area contributed by atoms with Gasteiger partial charge >= 0.3 is 11.9 Å². The Balaban J connectivity index is 0.000000311. The third-order valence-electron chi connectivity index (χ3n) is 3.73. The summed E-state index contributed by atoms with van der Waals surface area (Å²) in [5.74, 6) is -5.47. The highest BCUT2D eigenvalue weighted by atomic mass is 32.2. The van der Waals surface area contributed by atoms with Crippen LogP contribution < -0.4 is 0 Å². The van der Waals surface area contributed by atoms with Crippen molar-refractivity contribution in [3.8, 4) is 0 Å². The van der Waals surface area contributed by atoms with Crippen LogP contribution in [0, 0.1) is 11.8 Å². The summed E-state index contributed by atoms with van der Waals surface area (Å²) in [6.45, 7) is 6.22. The molecule has 14 heteroatoms. The maximum absolute atomic E-state index is 11.4. The molecule has 1 unspecified atom stereocenters. The summed E-state index contributed by atoms with van der Waals surface area (Å²) < 4.78 is 30.2. The molecule has 0 spiro atoms. The van der Waals surface area contributed by atoms with Crippen molar-refractivity contribution in [2.45, 2.75) is 52.2 Å². The van der Waals surface area contributed by atoms with Crippen LogP contribution in [0.25, 0.3) is 0 Å². The van der Waals surface area contributed by atoms with Gasteiger partial charge < -0.3 is 9.68 Å². The first-order valence-corrected chi connectivity index (χ1v) is 10.3. The third kappa shape index (κ3) is 6.32. The Hall–Kier alpha value is -2.87. The van der Waals surface area contributed by atoms with E-state index in [1.54, 1.807) is 13.8 Å². The van der Waals surface area contributed by atoms with E-state index in [2.05, 4.69) is 9.68 Å². The zero-order valence-electron chi connectivity index (χ0n) is 16.7. The third-order valence-corrected chi connectivity index (χ3v) is 4.82. The summed E-state index contributed by atoms with van der Waals surface area (Å²) >= 11 is 0. The molecule has 2 aliphatic heterocycles. The van der Waals surface area contributed by atoms with Gasteiger partial charge in [-0.25, -0.2) is 9.59 Å². The van der Waals surface area contributed by atoms with Crippen molar-refractivity contribution in [3.63, 3.8) is 0 Å². The van der Waals surface area contributed by atoms with Crippen molar-refractivity contribution < 1.29 is 51.4 Å². The average molecular weight is 450 g/mol. The van der Waals surface area contributed by atoms with Gasteiger partial charge in [-0.3, -0.25) is 23.7 Å². The molecule has 4 amide bonds. The maximum Gasteiger partial charge on any atom is 0.335 e. The molecule has 1 N–H and O–H groups in total. The molecule has 0 aromatic carbocycles. The molecular weight excluding hydrogens is 428 g/mol. The van der Waals surface area contributed by atoms with Gasteiger partial charge in [0.2, 0.25) is 0 Å². The van der Waals surface area contributed by atoms with E-state index in [-0.39, 0.29) is 23.8 Å². The lowest BCUT2D eigenvalue weighted by Gasteiger charge is -2.14. The van der Waals surface area contributed by atoms with E-state index in [0.29, 0.717) is 5.06 Å². The normalized spacial score (nSPS) is 19.4. The van der Waals surface area contributed by atoms with Gasteiger partial charge in [0.1, 0.15) is 0 Å². The fraction of sp³-hybridized carbons (Fsp3) is 0.625. The zero-order chi connectivity index (χ0) is 23.4. The van der Waals surface area contributed by atoms with Crippen LogP contribution >= 0.6 is 0 Å². The molecule has 0 aromatic rings. The Kier molecular flexibility index (Phi) is 8.18. The number of amides is 4. The van der Waals surface area contributed by atoms with E-state index in [1.807, 2.05) is 0 Å². The second kappa shape index (κ2) is 9.75. The number of imide groups is 2. The topological polar surface area (TPSA) is 182 Å². The SMILES string of the molecule is CC(C)C(=O)ON1C(=O)CC(S(=O)(=O)O)C1=O.CC(C)C(=O)ON1C(=O)CCC1=O. The summed E-state index contributed by atoms with van der Waals surface area (Å²) in [7, 11) is -4.68. The summed E-state index contributed by atoms with van der Waals surface area (Å²) in [5.41, 5.74) is 0. The molecule has 2 saturated heterocycles. The van der Waals surface area contributed by atoms with Crippen molar-refractivity contribution in [2.24, 2.45) is 11.8 Å². The van der Waals surface area contributed by atoms with Crippen LogP contribution in [-0.2, 0) is 48.6 Å². The van der Waals surface area contributed by atoms with Gasteiger partial charge in [-0.1, -0.05) is 27.7 Å². The van der Waals surface area contributed by atoms with E-state index in [1.165, 1.54) is 13.8 Å². The van der Waals surface area contributed by atoms with Crippen LogP contribution in [0.4, 0.5) is 0 Å². The Morgan fingerprint density at radius 1 is 0.867 bits per heavy atom. The second-order valence-electron chi connectivity index (χ2n) is 6.95. The smallest absolute Gasteiger partial charge is 0.330 e. The van der Waals surface area contributed by atoms with Gasteiger partial charge in [0.25, 0.3) is 33.7 Å². The lowest BCUT2D eigenvalue weighted by Crippen LogP contribution is -2.37. The van der Waals surface area contributed by atoms with Crippen molar-refractivity contribution in [2.75, 3.05) is 0 Å². The molecule has 0 radical (unpaired) electrons. The van der Waals surface area contributed by atoms with Crippen LogP contribution in [0.1, 0.15) is 47.0 Å². The number of hydrogen-bond donors (Lipinski definition) is 1. The molecule has 2 aliphatic rings. The number of carbonyl (C=O) groups excluding carboxylic acids is 6. The molecule has 0 aliphatic carbocycles. The van der Waals surface area contributed by atoms with Crippen molar-refractivity contribution in [1.29, 1.82) is 0 Å². The van der Waals surface area contributed by atoms with E-state index >= 15 is 0 Å². The minimum atomic E-state index is -4.68. The predicted molar refractivity (Wildman–Crippen MR) is 94.8 cm³/mol. The van der Waals surface area contributed by atoms with Crippen LogP contribution in [0.3, 0.4) is 0 Å². The number of rotatable bonds is 5. The van der Waals surface area contributed by atoms with E-state index < -0.39 is 63.3 Å². The minimum Gasteiger partial charge on any atom is -0.330 e. The highest BCUT2D eigenvalue weighted by molar-refractivity contribution is 7.87. The molecule has 2 rings (SSSR count). The van der Waals surface area contributed by atoms with Crippen LogP contribution in [0.2, 0.25) is 0 Å². The zero-order valence-corrected chi connectivity index (χ0v) is 17.5. The lowest BCUT2D eigenvalue weighted by atomic mass is 10.2. The summed E-state index contributed by atoms with van der Waals surface area (Å²) in [5, 5.41) is -1.25. The predicted octanol–water partition coefficient (Wildman–Crippen LogP) is -0.634. The Morgan fingerprint density at radius 3 is 1.60 bits per heavy atom. The monoisotopic (exact) mass is 450 g/mol. The molecule has 0 aromatic heterocycles. The first-order chi connectivity index (χ1) is 13.7. The van der Waals surface area contributed by atoms with Crippen molar-refractivity contribution in [3.05, 3.63) is 0 Å². The molecule has 13 nitrogen and oxygen atoms in total. The first-order valence-electron chi connectivity index (χ1n) is 8.79. The fourth-order valence-electron chi connectivity index (χ4n) is 1.96. The largest absolute Gasteiger partial charge is 0.335 e. The van der Waals surface area contributed by atoms with Gasteiger partial charge in [-0.2, -0.15) is 8.42 Å². The molecule has 30 heavy (non-hydrogen) atoms. The quantitative estimate of drug-likeness (QED) is 0.415. The number of hydroxylamine groups is 4. The number of carbonyl (C=O) groups is 6.